The molecule has 1 fully saturated rings. The summed E-state index contributed by atoms with van der Waals surface area (Å²) in [5.74, 6) is 0.503. The third-order valence-corrected chi connectivity index (χ3v) is 3.33. The summed E-state index contributed by atoms with van der Waals surface area (Å²) >= 11 is 0. The molecule has 1 saturated heterocycles. The Kier molecular flexibility index (Phi) is 4.25. The van der Waals surface area contributed by atoms with Gasteiger partial charge in [0.25, 0.3) is 0 Å². The molecule has 1 aliphatic rings. The molecule has 1 atom stereocenters. The highest BCUT2D eigenvalue weighted by atomic mass is 16.4. The molecule has 5 nitrogen and oxygen atoms in total. The number of likely N-dealkylation sites (N-methyl/N-ethyl adjacent to an activating group) is 1. The smallest absolute Gasteiger partial charge is 0.303 e. The van der Waals surface area contributed by atoms with E-state index < -0.39 is 5.97 Å². The highest BCUT2D eigenvalue weighted by Crippen LogP contribution is 2.24. The highest BCUT2D eigenvalue weighted by Gasteiger charge is 2.22. The van der Waals surface area contributed by atoms with Crippen molar-refractivity contribution in [3.05, 3.63) is 23.8 Å². The number of rotatable bonds is 5. The Morgan fingerprint density at radius 3 is 3.11 bits per heavy atom. The Morgan fingerprint density at radius 2 is 2.44 bits per heavy atom. The molecule has 5 heteroatoms. The molecule has 98 valence electrons. The van der Waals surface area contributed by atoms with Gasteiger partial charge in [-0.1, -0.05) is 0 Å². The quantitative estimate of drug-likeness (QED) is 0.852. The lowest BCUT2D eigenvalue weighted by Crippen LogP contribution is -2.14. The van der Waals surface area contributed by atoms with Gasteiger partial charge in [-0.25, -0.2) is 9.97 Å². The van der Waals surface area contributed by atoms with Gasteiger partial charge in [0, 0.05) is 37.2 Å². The van der Waals surface area contributed by atoms with Gasteiger partial charge in [-0.3, -0.25) is 4.79 Å². The van der Waals surface area contributed by atoms with Crippen molar-refractivity contribution in [2.75, 3.05) is 20.1 Å². The van der Waals surface area contributed by atoms with E-state index in [2.05, 4.69) is 21.9 Å². The van der Waals surface area contributed by atoms with E-state index in [-0.39, 0.29) is 6.42 Å². The second-order valence-electron chi connectivity index (χ2n) is 4.89. The van der Waals surface area contributed by atoms with Gasteiger partial charge in [-0.15, -0.1) is 0 Å². The molecule has 0 aliphatic carbocycles. The zero-order valence-corrected chi connectivity index (χ0v) is 10.7. The standard InChI is InChI=1S/C13H19N3O2/c1-16-8-6-10(9-16)11-5-7-14-12(15-11)3-2-4-13(17)18/h5,7,10H,2-4,6,8-9H2,1H3,(H,17,18). The van der Waals surface area contributed by atoms with Crippen LogP contribution in [0.15, 0.2) is 12.3 Å². The van der Waals surface area contributed by atoms with Crippen molar-refractivity contribution in [2.45, 2.75) is 31.6 Å². The number of aliphatic carboxylic acids is 1. The molecule has 0 saturated carbocycles. The number of carboxylic acids is 1. The van der Waals surface area contributed by atoms with E-state index in [1.807, 2.05) is 6.07 Å². The van der Waals surface area contributed by atoms with Gasteiger partial charge in [0.1, 0.15) is 5.82 Å². The zero-order valence-electron chi connectivity index (χ0n) is 10.7. The number of aryl methyl sites for hydroxylation is 1. The van der Waals surface area contributed by atoms with Crippen LogP contribution in [0.4, 0.5) is 0 Å². The largest absolute Gasteiger partial charge is 0.481 e. The van der Waals surface area contributed by atoms with Gasteiger partial charge >= 0.3 is 5.97 Å². The van der Waals surface area contributed by atoms with Crippen LogP contribution in [0.1, 0.15) is 36.7 Å². The lowest BCUT2D eigenvalue weighted by Gasteiger charge is -2.10. The monoisotopic (exact) mass is 249 g/mol. The summed E-state index contributed by atoms with van der Waals surface area (Å²) in [5.41, 5.74) is 1.10. The lowest BCUT2D eigenvalue weighted by atomic mass is 10.0. The van der Waals surface area contributed by atoms with E-state index >= 15 is 0 Å². The molecule has 0 spiro atoms. The minimum atomic E-state index is -0.761. The van der Waals surface area contributed by atoms with Crippen molar-refractivity contribution in [1.82, 2.24) is 14.9 Å². The minimum absolute atomic E-state index is 0.180. The molecule has 18 heavy (non-hydrogen) atoms. The number of hydrogen-bond acceptors (Lipinski definition) is 4. The summed E-state index contributed by atoms with van der Waals surface area (Å²) in [5, 5.41) is 8.60. The van der Waals surface area contributed by atoms with Crippen LogP contribution >= 0.6 is 0 Å². The van der Waals surface area contributed by atoms with E-state index in [1.165, 1.54) is 0 Å². The van der Waals surface area contributed by atoms with Gasteiger partial charge < -0.3 is 10.0 Å². The van der Waals surface area contributed by atoms with Crippen molar-refractivity contribution in [2.24, 2.45) is 0 Å². The van der Waals surface area contributed by atoms with E-state index in [0.717, 1.165) is 31.0 Å². The fraction of sp³-hybridized carbons (Fsp3) is 0.615. The second kappa shape index (κ2) is 5.91. The lowest BCUT2D eigenvalue weighted by molar-refractivity contribution is -0.137. The van der Waals surface area contributed by atoms with Crippen LogP contribution in [0.5, 0.6) is 0 Å². The van der Waals surface area contributed by atoms with Crippen LogP contribution in [0, 0.1) is 0 Å². The van der Waals surface area contributed by atoms with E-state index in [4.69, 9.17) is 5.11 Å². The Balaban J connectivity index is 1.94. The van der Waals surface area contributed by atoms with Crippen LogP contribution in [0.2, 0.25) is 0 Å². The summed E-state index contributed by atoms with van der Waals surface area (Å²) in [6.45, 7) is 2.16. The van der Waals surface area contributed by atoms with Gasteiger partial charge in [0.15, 0.2) is 0 Å². The summed E-state index contributed by atoms with van der Waals surface area (Å²) in [4.78, 5) is 21.5. The number of hydrogen-bond donors (Lipinski definition) is 1. The Labute approximate surface area is 107 Å². The van der Waals surface area contributed by atoms with Crippen molar-refractivity contribution >= 4 is 5.97 Å². The molecule has 0 amide bonds. The van der Waals surface area contributed by atoms with Gasteiger partial charge in [0.2, 0.25) is 0 Å². The number of nitrogens with zero attached hydrogens (tertiary/aromatic N) is 3. The van der Waals surface area contributed by atoms with Crippen molar-refractivity contribution in [1.29, 1.82) is 0 Å². The van der Waals surface area contributed by atoms with Crippen LogP contribution in [-0.4, -0.2) is 46.1 Å². The topological polar surface area (TPSA) is 66.3 Å². The molecule has 0 radical (unpaired) electrons. The van der Waals surface area contributed by atoms with E-state index in [9.17, 15) is 4.79 Å². The second-order valence-corrected chi connectivity index (χ2v) is 4.89. The average molecular weight is 249 g/mol. The normalized spacial score (nSPS) is 20.2. The van der Waals surface area contributed by atoms with Crippen molar-refractivity contribution < 1.29 is 9.90 Å². The number of carboxylic acid groups (broad SMARTS) is 1. The Bertz CT molecular complexity index is 422. The fourth-order valence-corrected chi connectivity index (χ4v) is 2.34. The first kappa shape index (κ1) is 13.0. The number of aromatic nitrogens is 2. The molecule has 2 rings (SSSR count). The molecule has 1 aliphatic heterocycles. The molecule has 2 heterocycles. The first-order valence-corrected chi connectivity index (χ1v) is 6.37. The third kappa shape index (κ3) is 3.50. The fourth-order valence-electron chi connectivity index (χ4n) is 2.34. The highest BCUT2D eigenvalue weighted by molar-refractivity contribution is 5.66. The SMILES string of the molecule is CN1CCC(c2ccnc(CCCC(=O)O)n2)C1. The van der Waals surface area contributed by atoms with Gasteiger partial charge in [0.05, 0.1) is 0 Å². The maximum Gasteiger partial charge on any atom is 0.303 e. The predicted molar refractivity (Wildman–Crippen MR) is 67.5 cm³/mol. The first-order chi connectivity index (χ1) is 8.65. The third-order valence-electron chi connectivity index (χ3n) is 3.33. The van der Waals surface area contributed by atoms with E-state index in [0.29, 0.717) is 18.8 Å². The first-order valence-electron chi connectivity index (χ1n) is 6.37. The molecule has 0 aromatic carbocycles. The molecule has 1 aromatic rings. The summed E-state index contributed by atoms with van der Waals surface area (Å²) in [6.07, 6.45) is 4.35. The van der Waals surface area contributed by atoms with Crippen LogP contribution < -0.4 is 0 Å². The average Bonchev–Trinajstić information content (AvgIpc) is 2.76. The Morgan fingerprint density at radius 1 is 1.61 bits per heavy atom. The zero-order chi connectivity index (χ0) is 13.0. The molecule has 1 unspecified atom stereocenters. The van der Waals surface area contributed by atoms with Crippen LogP contribution in [0.25, 0.3) is 0 Å². The van der Waals surface area contributed by atoms with E-state index in [1.54, 1.807) is 6.20 Å². The van der Waals surface area contributed by atoms with Crippen molar-refractivity contribution in [3.63, 3.8) is 0 Å². The molecule has 1 aromatic heterocycles. The van der Waals surface area contributed by atoms with Crippen LogP contribution in [0.3, 0.4) is 0 Å². The van der Waals surface area contributed by atoms with Gasteiger partial charge in [-0.2, -0.15) is 0 Å². The molecular weight excluding hydrogens is 230 g/mol. The predicted octanol–water partition coefficient (Wildman–Crippen LogP) is 1.30. The maximum absolute atomic E-state index is 10.5. The molecule has 0 bridgehead atoms. The number of carbonyl (C=O) groups is 1. The minimum Gasteiger partial charge on any atom is -0.481 e. The molecule has 1 N–H and O–H groups in total. The van der Waals surface area contributed by atoms with Crippen LogP contribution in [-0.2, 0) is 11.2 Å². The van der Waals surface area contributed by atoms with Crippen molar-refractivity contribution in [3.8, 4) is 0 Å². The summed E-state index contributed by atoms with van der Waals surface area (Å²) < 4.78 is 0. The summed E-state index contributed by atoms with van der Waals surface area (Å²) in [7, 11) is 2.12. The maximum atomic E-state index is 10.5. The Hall–Kier alpha value is -1.49. The summed E-state index contributed by atoms with van der Waals surface area (Å²) in [6, 6.07) is 1.98. The van der Waals surface area contributed by atoms with Gasteiger partial charge in [-0.05, 0) is 32.5 Å². The molecular formula is C13H19N3O2. The number of likely N-dealkylation sites (tertiary alicyclic amines) is 1.